The molecule has 0 fully saturated rings. The van der Waals surface area contributed by atoms with Gasteiger partial charge < -0.3 is 10.1 Å². The van der Waals surface area contributed by atoms with Gasteiger partial charge in [0.2, 0.25) is 0 Å². The zero-order chi connectivity index (χ0) is 17.6. The lowest BCUT2D eigenvalue weighted by Gasteiger charge is -2.14. The third-order valence-electron chi connectivity index (χ3n) is 3.86. The molecule has 0 unspecified atom stereocenters. The van der Waals surface area contributed by atoms with E-state index >= 15 is 0 Å². The van der Waals surface area contributed by atoms with Gasteiger partial charge in [-0.2, -0.15) is 0 Å². The third kappa shape index (κ3) is 5.25. The summed E-state index contributed by atoms with van der Waals surface area (Å²) in [5, 5.41) is 4.13. The van der Waals surface area contributed by atoms with Crippen molar-refractivity contribution in [3.05, 3.63) is 92.9 Å². The van der Waals surface area contributed by atoms with Crippen LogP contribution in [-0.2, 0) is 13.2 Å². The Kier molecular flexibility index (Phi) is 6.00. The van der Waals surface area contributed by atoms with Crippen LogP contribution >= 0.6 is 27.5 Å². The Morgan fingerprint density at radius 3 is 2.40 bits per heavy atom. The Hall–Kier alpha value is -1.97. The summed E-state index contributed by atoms with van der Waals surface area (Å²) >= 11 is 9.47. The van der Waals surface area contributed by atoms with Gasteiger partial charge in [-0.25, -0.2) is 0 Å². The van der Waals surface area contributed by atoms with Gasteiger partial charge in [0.05, 0.1) is 0 Å². The maximum Gasteiger partial charge on any atom is 0.124 e. The molecule has 0 heterocycles. The van der Waals surface area contributed by atoms with E-state index in [4.69, 9.17) is 16.3 Å². The largest absolute Gasteiger partial charge is 0.489 e. The topological polar surface area (TPSA) is 21.3 Å². The Morgan fingerprint density at radius 1 is 0.960 bits per heavy atom. The Bertz CT molecular complexity index is 832. The van der Waals surface area contributed by atoms with Crippen LogP contribution in [0.25, 0.3) is 0 Å². The van der Waals surface area contributed by atoms with Crippen molar-refractivity contribution in [2.45, 2.75) is 20.1 Å². The molecular formula is C21H19BrClNO. The van der Waals surface area contributed by atoms with Crippen LogP contribution in [0.15, 0.2) is 71.2 Å². The maximum atomic E-state index is 6.04. The minimum atomic E-state index is 0.551. The fraction of sp³-hybridized carbons (Fsp3) is 0.143. The average molecular weight is 417 g/mol. The molecule has 0 radical (unpaired) electrons. The highest BCUT2D eigenvalue weighted by atomic mass is 79.9. The van der Waals surface area contributed by atoms with E-state index in [9.17, 15) is 0 Å². The fourth-order valence-corrected chi connectivity index (χ4v) is 2.97. The van der Waals surface area contributed by atoms with Crippen molar-refractivity contribution in [2.24, 2.45) is 0 Å². The molecule has 4 heteroatoms. The predicted molar refractivity (Wildman–Crippen MR) is 108 cm³/mol. The van der Waals surface area contributed by atoms with Crippen molar-refractivity contribution in [3.8, 4) is 5.75 Å². The Balaban J connectivity index is 1.69. The molecule has 2 nitrogen and oxygen atoms in total. The van der Waals surface area contributed by atoms with E-state index in [-0.39, 0.29) is 0 Å². The van der Waals surface area contributed by atoms with E-state index in [0.29, 0.717) is 13.2 Å². The van der Waals surface area contributed by atoms with Gasteiger partial charge in [-0.05, 0) is 55.0 Å². The first kappa shape index (κ1) is 17.8. The third-order valence-corrected chi connectivity index (χ3v) is 4.61. The first-order valence-electron chi connectivity index (χ1n) is 8.06. The van der Waals surface area contributed by atoms with Gasteiger partial charge >= 0.3 is 0 Å². The van der Waals surface area contributed by atoms with Gasteiger partial charge in [-0.1, -0.05) is 57.4 Å². The molecule has 3 aromatic rings. The summed E-state index contributed by atoms with van der Waals surface area (Å²) in [4.78, 5) is 0. The number of anilines is 1. The second kappa shape index (κ2) is 8.41. The summed E-state index contributed by atoms with van der Waals surface area (Å²) in [5.74, 6) is 0.880. The van der Waals surface area contributed by atoms with Gasteiger partial charge in [0.1, 0.15) is 12.4 Å². The Labute approximate surface area is 161 Å². The number of nitrogens with one attached hydrogen (secondary N) is 1. The number of rotatable bonds is 6. The lowest BCUT2D eigenvalue weighted by Crippen LogP contribution is -2.04. The maximum absolute atomic E-state index is 6.04. The van der Waals surface area contributed by atoms with Crippen LogP contribution in [0.3, 0.4) is 0 Å². The van der Waals surface area contributed by atoms with Crippen LogP contribution in [-0.4, -0.2) is 0 Å². The molecule has 0 aliphatic heterocycles. The second-order valence-corrected chi connectivity index (χ2v) is 7.24. The summed E-state index contributed by atoms with van der Waals surface area (Å²) in [6, 6.07) is 22.1. The molecule has 25 heavy (non-hydrogen) atoms. The Morgan fingerprint density at radius 2 is 1.68 bits per heavy atom. The molecular weight excluding hydrogens is 398 g/mol. The van der Waals surface area contributed by atoms with Crippen LogP contribution in [0.2, 0.25) is 5.02 Å². The van der Waals surface area contributed by atoms with Crippen LogP contribution in [0, 0.1) is 6.92 Å². The zero-order valence-electron chi connectivity index (χ0n) is 13.9. The van der Waals surface area contributed by atoms with E-state index in [1.54, 1.807) is 0 Å². The quantitative estimate of drug-likeness (QED) is 0.488. The fourth-order valence-electron chi connectivity index (χ4n) is 2.44. The number of aryl methyl sites for hydroxylation is 1. The molecule has 3 aromatic carbocycles. The lowest BCUT2D eigenvalue weighted by molar-refractivity contribution is 0.303. The first-order valence-corrected chi connectivity index (χ1v) is 9.23. The highest BCUT2D eigenvalue weighted by molar-refractivity contribution is 9.10. The smallest absolute Gasteiger partial charge is 0.124 e. The van der Waals surface area contributed by atoms with Gasteiger partial charge in [0.25, 0.3) is 0 Å². The molecule has 0 aliphatic carbocycles. The molecule has 0 amide bonds. The van der Waals surface area contributed by atoms with Crippen molar-refractivity contribution in [1.82, 2.24) is 0 Å². The van der Waals surface area contributed by atoms with Gasteiger partial charge in [-0.15, -0.1) is 0 Å². The lowest BCUT2D eigenvalue weighted by atomic mass is 10.1. The molecule has 1 N–H and O–H groups in total. The molecule has 0 bridgehead atoms. The molecule has 0 saturated heterocycles. The normalized spacial score (nSPS) is 10.5. The molecule has 0 spiro atoms. The average Bonchev–Trinajstić information content (AvgIpc) is 2.62. The van der Waals surface area contributed by atoms with Gasteiger partial charge in [0.15, 0.2) is 0 Å². The number of benzene rings is 3. The highest BCUT2D eigenvalue weighted by Crippen LogP contribution is 2.25. The molecule has 0 aromatic heterocycles. The van der Waals surface area contributed by atoms with Gasteiger partial charge in [-0.3, -0.25) is 0 Å². The zero-order valence-corrected chi connectivity index (χ0v) is 16.3. The van der Waals surface area contributed by atoms with Gasteiger partial charge in [0, 0.05) is 27.3 Å². The number of halogens is 2. The standard InChI is InChI=1S/C21H19BrClNO/c1-15-2-4-16(5-3-15)14-25-21-11-6-18(22)12-17(21)13-24-20-9-7-19(23)8-10-20/h2-12,24H,13-14H2,1H3. The van der Waals surface area contributed by atoms with Crippen molar-refractivity contribution < 1.29 is 4.74 Å². The summed E-state index contributed by atoms with van der Waals surface area (Å²) in [6.45, 7) is 3.31. The number of hydrogen-bond donors (Lipinski definition) is 1. The summed E-state index contributed by atoms with van der Waals surface area (Å²) < 4.78 is 7.07. The van der Waals surface area contributed by atoms with Crippen molar-refractivity contribution >= 4 is 33.2 Å². The monoisotopic (exact) mass is 415 g/mol. The predicted octanol–water partition coefficient (Wildman–Crippen LogP) is 6.60. The van der Waals surface area contributed by atoms with E-state index in [1.165, 1.54) is 5.56 Å². The molecule has 0 saturated carbocycles. The molecule has 0 atom stereocenters. The van der Waals surface area contributed by atoms with Crippen LogP contribution in [0.5, 0.6) is 5.75 Å². The van der Waals surface area contributed by atoms with Crippen LogP contribution in [0.1, 0.15) is 16.7 Å². The molecule has 128 valence electrons. The molecule has 0 aliphatic rings. The van der Waals surface area contributed by atoms with Crippen molar-refractivity contribution in [1.29, 1.82) is 0 Å². The number of ether oxygens (including phenoxy) is 1. The minimum Gasteiger partial charge on any atom is -0.489 e. The van der Waals surface area contributed by atoms with Crippen LogP contribution < -0.4 is 10.1 Å². The van der Waals surface area contributed by atoms with E-state index in [2.05, 4.69) is 58.5 Å². The van der Waals surface area contributed by atoms with Crippen molar-refractivity contribution in [3.63, 3.8) is 0 Å². The molecule has 3 rings (SSSR count). The summed E-state index contributed by atoms with van der Waals surface area (Å²) in [6.07, 6.45) is 0. The highest BCUT2D eigenvalue weighted by Gasteiger charge is 2.06. The first-order chi connectivity index (χ1) is 12.1. The van der Waals surface area contributed by atoms with E-state index < -0.39 is 0 Å². The summed E-state index contributed by atoms with van der Waals surface area (Å²) in [7, 11) is 0. The minimum absolute atomic E-state index is 0.551. The van der Waals surface area contributed by atoms with Crippen molar-refractivity contribution in [2.75, 3.05) is 5.32 Å². The number of hydrogen-bond acceptors (Lipinski definition) is 2. The SMILES string of the molecule is Cc1ccc(COc2ccc(Br)cc2CNc2ccc(Cl)cc2)cc1. The van der Waals surface area contributed by atoms with E-state index in [0.717, 1.165) is 32.1 Å². The second-order valence-electron chi connectivity index (χ2n) is 5.89. The van der Waals surface area contributed by atoms with E-state index in [1.807, 2.05) is 36.4 Å². The van der Waals surface area contributed by atoms with Crippen LogP contribution in [0.4, 0.5) is 5.69 Å². The summed E-state index contributed by atoms with van der Waals surface area (Å²) in [5.41, 5.74) is 4.52.